The van der Waals surface area contributed by atoms with Crippen molar-refractivity contribution in [1.82, 2.24) is 10.6 Å². The minimum Gasteiger partial charge on any atom is -0.396 e. The molecular formula is C19H23F2N3O. The molecule has 0 saturated heterocycles. The van der Waals surface area contributed by atoms with E-state index in [9.17, 15) is 13.9 Å². The predicted octanol–water partition coefficient (Wildman–Crippen LogP) is 2.45. The van der Waals surface area contributed by atoms with Gasteiger partial charge in [-0.3, -0.25) is 4.99 Å². The molecule has 0 fully saturated rings. The summed E-state index contributed by atoms with van der Waals surface area (Å²) in [4.78, 5) is 4.09. The maximum absolute atomic E-state index is 13.6. The number of benzene rings is 2. The van der Waals surface area contributed by atoms with Crippen LogP contribution in [0.1, 0.15) is 17.0 Å². The number of guanidine groups is 1. The standard InChI is InChI=1S/C19H23F2N3O/c1-22-19(23-11-10-16-17(20)8-5-9-18(16)21)24-12-15(13-25)14-6-3-2-4-7-14/h2-9,15,25H,10-13H2,1H3,(H2,22,23,24). The van der Waals surface area contributed by atoms with Gasteiger partial charge in [0.25, 0.3) is 0 Å². The number of hydrogen-bond donors (Lipinski definition) is 3. The zero-order valence-electron chi connectivity index (χ0n) is 14.2. The van der Waals surface area contributed by atoms with Crippen molar-refractivity contribution in [2.75, 3.05) is 26.7 Å². The number of halogens is 2. The van der Waals surface area contributed by atoms with Gasteiger partial charge in [0.05, 0.1) is 6.61 Å². The Morgan fingerprint density at radius 1 is 1.04 bits per heavy atom. The van der Waals surface area contributed by atoms with Crippen molar-refractivity contribution in [2.24, 2.45) is 4.99 Å². The highest BCUT2D eigenvalue weighted by Crippen LogP contribution is 2.14. The summed E-state index contributed by atoms with van der Waals surface area (Å²) in [5.41, 5.74) is 1.09. The van der Waals surface area contributed by atoms with Crippen LogP contribution in [0.3, 0.4) is 0 Å². The molecule has 0 heterocycles. The van der Waals surface area contributed by atoms with Gasteiger partial charge in [-0.2, -0.15) is 0 Å². The van der Waals surface area contributed by atoms with Gasteiger partial charge in [-0.15, -0.1) is 0 Å². The summed E-state index contributed by atoms with van der Waals surface area (Å²) < 4.78 is 27.2. The Balaban J connectivity index is 1.84. The van der Waals surface area contributed by atoms with E-state index in [1.807, 2.05) is 30.3 Å². The summed E-state index contributed by atoms with van der Waals surface area (Å²) in [5.74, 6) is -0.641. The zero-order chi connectivity index (χ0) is 18.1. The van der Waals surface area contributed by atoms with Crippen molar-refractivity contribution in [3.05, 3.63) is 71.3 Å². The van der Waals surface area contributed by atoms with Gasteiger partial charge in [0.2, 0.25) is 0 Å². The molecule has 0 amide bonds. The minimum atomic E-state index is -0.547. The maximum atomic E-state index is 13.6. The number of aliphatic hydroxyl groups excluding tert-OH is 1. The highest BCUT2D eigenvalue weighted by Gasteiger charge is 2.11. The fraction of sp³-hybridized carbons (Fsp3) is 0.316. The lowest BCUT2D eigenvalue weighted by molar-refractivity contribution is 0.265. The normalized spacial score (nSPS) is 12.7. The van der Waals surface area contributed by atoms with Gasteiger partial charge in [-0.25, -0.2) is 8.78 Å². The van der Waals surface area contributed by atoms with Crippen LogP contribution in [0, 0.1) is 11.6 Å². The van der Waals surface area contributed by atoms with Gasteiger partial charge < -0.3 is 15.7 Å². The van der Waals surface area contributed by atoms with Gasteiger partial charge in [0.15, 0.2) is 5.96 Å². The van der Waals surface area contributed by atoms with Crippen LogP contribution in [-0.4, -0.2) is 37.8 Å². The van der Waals surface area contributed by atoms with Crippen LogP contribution in [-0.2, 0) is 6.42 Å². The summed E-state index contributed by atoms with van der Waals surface area (Å²) in [6.45, 7) is 0.843. The van der Waals surface area contributed by atoms with Gasteiger partial charge >= 0.3 is 0 Å². The molecule has 0 aromatic heterocycles. The van der Waals surface area contributed by atoms with Crippen LogP contribution in [0.5, 0.6) is 0 Å². The Morgan fingerprint density at radius 2 is 1.72 bits per heavy atom. The molecule has 2 aromatic rings. The van der Waals surface area contributed by atoms with E-state index >= 15 is 0 Å². The highest BCUT2D eigenvalue weighted by molar-refractivity contribution is 5.79. The van der Waals surface area contributed by atoms with Crippen LogP contribution in [0.4, 0.5) is 8.78 Å². The molecule has 0 spiro atoms. The molecule has 0 aliphatic rings. The molecule has 0 bridgehead atoms. The fourth-order valence-corrected chi connectivity index (χ4v) is 2.53. The molecule has 3 N–H and O–H groups in total. The van der Waals surface area contributed by atoms with E-state index in [1.54, 1.807) is 7.05 Å². The molecule has 4 nitrogen and oxygen atoms in total. The van der Waals surface area contributed by atoms with Crippen LogP contribution in [0.15, 0.2) is 53.5 Å². The van der Waals surface area contributed by atoms with Gasteiger partial charge in [0.1, 0.15) is 11.6 Å². The first-order valence-corrected chi connectivity index (χ1v) is 8.19. The van der Waals surface area contributed by atoms with E-state index in [4.69, 9.17) is 0 Å². The Labute approximate surface area is 146 Å². The van der Waals surface area contributed by atoms with Crippen molar-refractivity contribution in [3.8, 4) is 0 Å². The number of nitrogens with zero attached hydrogens (tertiary/aromatic N) is 1. The van der Waals surface area contributed by atoms with Gasteiger partial charge in [-0.1, -0.05) is 36.4 Å². The van der Waals surface area contributed by atoms with Crippen molar-refractivity contribution < 1.29 is 13.9 Å². The van der Waals surface area contributed by atoms with E-state index in [-0.39, 0.29) is 24.5 Å². The minimum absolute atomic E-state index is 0.00838. The fourth-order valence-electron chi connectivity index (χ4n) is 2.53. The SMILES string of the molecule is CN=C(NCCc1c(F)cccc1F)NCC(CO)c1ccccc1. The van der Waals surface area contributed by atoms with E-state index in [2.05, 4.69) is 15.6 Å². The third kappa shape index (κ3) is 5.53. The summed E-state index contributed by atoms with van der Waals surface area (Å²) >= 11 is 0. The number of rotatable bonds is 7. The summed E-state index contributed by atoms with van der Waals surface area (Å²) in [6, 6.07) is 13.5. The first-order chi connectivity index (χ1) is 12.2. The molecule has 0 saturated carbocycles. The van der Waals surface area contributed by atoms with Crippen molar-refractivity contribution in [1.29, 1.82) is 0 Å². The van der Waals surface area contributed by atoms with Crippen LogP contribution in [0.25, 0.3) is 0 Å². The lowest BCUT2D eigenvalue weighted by Crippen LogP contribution is -2.40. The number of aliphatic hydroxyl groups is 1. The summed E-state index contributed by atoms with van der Waals surface area (Å²) in [7, 11) is 1.62. The maximum Gasteiger partial charge on any atom is 0.191 e. The molecule has 0 radical (unpaired) electrons. The molecule has 134 valence electrons. The number of aliphatic imine (C=N–C) groups is 1. The zero-order valence-corrected chi connectivity index (χ0v) is 14.2. The first kappa shape index (κ1) is 18.9. The molecule has 1 atom stereocenters. The molecule has 1 unspecified atom stereocenters. The van der Waals surface area contributed by atoms with Crippen LogP contribution >= 0.6 is 0 Å². The molecule has 2 rings (SSSR count). The number of hydrogen-bond acceptors (Lipinski definition) is 2. The molecular weight excluding hydrogens is 324 g/mol. The number of nitrogens with one attached hydrogen (secondary N) is 2. The average molecular weight is 347 g/mol. The Morgan fingerprint density at radius 3 is 2.32 bits per heavy atom. The summed E-state index contributed by atoms with van der Waals surface area (Å²) in [5, 5.41) is 15.7. The van der Waals surface area contributed by atoms with Crippen molar-refractivity contribution >= 4 is 5.96 Å². The lowest BCUT2D eigenvalue weighted by Gasteiger charge is -2.18. The summed E-state index contributed by atoms with van der Waals surface area (Å²) in [6.07, 6.45) is 0.210. The van der Waals surface area contributed by atoms with E-state index in [1.165, 1.54) is 18.2 Å². The quantitative estimate of drug-likeness (QED) is 0.533. The van der Waals surface area contributed by atoms with E-state index in [0.29, 0.717) is 19.0 Å². The second-order valence-corrected chi connectivity index (χ2v) is 5.62. The second-order valence-electron chi connectivity index (χ2n) is 5.62. The highest BCUT2D eigenvalue weighted by atomic mass is 19.1. The Bertz CT molecular complexity index is 672. The van der Waals surface area contributed by atoms with Crippen molar-refractivity contribution in [3.63, 3.8) is 0 Å². The first-order valence-electron chi connectivity index (χ1n) is 8.19. The molecule has 6 heteroatoms. The Hall–Kier alpha value is -2.47. The monoisotopic (exact) mass is 347 g/mol. The van der Waals surface area contributed by atoms with Crippen LogP contribution in [0.2, 0.25) is 0 Å². The van der Waals surface area contributed by atoms with E-state index in [0.717, 1.165) is 5.56 Å². The lowest BCUT2D eigenvalue weighted by atomic mass is 10.0. The van der Waals surface area contributed by atoms with Gasteiger partial charge in [0, 0.05) is 31.6 Å². The van der Waals surface area contributed by atoms with Crippen molar-refractivity contribution in [2.45, 2.75) is 12.3 Å². The molecule has 0 aliphatic carbocycles. The smallest absolute Gasteiger partial charge is 0.191 e. The largest absolute Gasteiger partial charge is 0.396 e. The van der Waals surface area contributed by atoms with Gasteiger partial charge in [-0.05, 0) is 24.1 Å². The average Bonchev–Trinajstić information content (AvgIpc) is 2.63. The molecule has 2 aromatic carbocycles. The third-order valence-corrected chi connectivity index (χ3v) is 3.96. The van der Waals surface area contributed by atoms with E-state index < -0.39 is 11.6 Å². The second kappa shape index (κ2) is 9.74. The molecule has 25 heavy (non-hydrogen) atoms. The predicted molar refractivity (Wildman–Crippen MR) is 95.7 cm³/mol. The van der Waals surface area contributed by atoms with Crippen LogP contribution < -0.4 is 10.6 Å². The third-order valence-electron chi connectivity index (χ3n) is 3.96. The molecule has 0 aliphatic heterocycles. The topological polar surface area (TPSA) is 56.7 Å². The Kier molecular flexibility index (Phi) is 7.35.